The maximum Gasteiger partial charge on any atom is 0.341 e. The topological polar surface area (TPSA) is 92.3 Å². The quantitative estimate of drug-likeness (QED) is 0.645. The van der Waals surface area contributed by atoms with E-state index in [9.17, 15) is 19.1 Å². The first-order valence-corrected chi connectivity index (χ1v) is 8.71. The van der Waals surface area contributed by atoms with Crippen molar-refractivity contribution < 1.29 is 19.0 Å². The monoisotopic (exact) mass is 372 g/mol. The van der Waals surface area contributed by atoms with Gasteiger partial charge in [0.1, 0.15) is 11.4 Å². The third-order valence-corrected chi connectivity index (χ3v) is 4.00. The Morgan fingerprint density at radius 1 is 1.15 bits per heavy atom. The number of halogens is 1. The number of carboxylic acids is 1. The van der Waals surface area contributed by atoms with Gasteiger partial charge in [-0.25, -0.2) is 9.18 Å². The maximum atomic E-state index is 13.1. The van der Waals surface area contributed by atoms with Crippen LogP contribution in [0.5, 0.6) is 0 Å². The first-order chi connectivity index (χ1) is 13.0. The van der Waals surface area contributed by atoms with Gasteiger partial charge in [-0.1, -0.05) is 12.1 Å². The van der Waals surface area contributed by atoms with Crippen LogP contribution in [0.2, 0.25) is 0 Å². The Kier molecular flexibility index (Phi) is 7.71. The second-order valence-electron chi connectivity index (χ2n) is 6.05. The summed E-state index contributed by atoms with van der Waals surface area (Å²) in [4.78, 5) is 23.8. The van der Waals surface area contributed by atoms with Crippen LogP contribution in [0.15, 0.2) is 41.5 Å². The van der Waals surface area contributed by atoms with Crippen LogP contribution in [0.4, 0.5) is 4.39 Å². The van der Waals surface area contributed by atoms with Crippen molar-refractivity contribution in [2.75, 3.05) is 13.2 Å². The van der Waals surface area contributed by atoms with Crippen molar-refractivity contribution in [1.29, 1.82) is 5.26 Å². The van der Waals surface area contributed by atoms with E-state index in [1.807, 2.05) is 0 Å². The van der Waals surface area contributed by atoms with Gasteiger partial charge in [0.25, 0.3) is 0 Å². The van der Waals surface area contributed by atoms with Crippen molar-refractivity contribution in [3.05, 3.63) is 58.3 Å². The molecule has 142 valence electrons. The van der Waals surface area contributed by atoms with Crippen molar-refractivity contribution in [3.63, 3.8) is 0 Å². The Hall–Kier alpha value is -2.98. The predicted octanol–water partition coefficient (Wildman–Crippen LogP) is 3.45. The highest BCUT2D eigenvalue weighted by atomic mass is 19.1. The third-order valence-electron chi connectivity index (χ3n) is 4.00. The molecule has 27 heavy (non-hydrogen) atoms. The molecule has 0 bridgehead atoms. The molecular formula is C20H21FN2O4. The van der Waals surface area contributed by atoms with Crippen LogP contribution in [-0.4, -0.2) is 28.9 Å². The number of rotatable bonds is 10. The Morgan fingerprint density at radius 3 is 2.52 bits per heavy atom. The van der Waals surface area contributed by atoms with Gasteiger partial charge < -0.3 is 14.4 Å². The second kappa shape index (κ2) is 10.2. The van der Waals surface area contributed by atoms with E-state index in [0.29, 0.717) is 38.2 Å². The van der Waals surface area contributed by atoms with Crippen molar-refractivity contribution in [1.82, 2.24) is 4.57 Å². The summed E-state index contributed by atoms with van der Waals surface area (Å²) < 4.78 is 20.2. The third kappa shape index (κ3) is 6.04. The van der Waals surface area contributed by atoms with Gasteiger partial charge in [0, 0.05) is 44.1 Å². The number of nitrogens with zero attached hydrogens (tertiary/aromatic N) is 2. The van der Waals surface area contributed by atoms with Crippen LogP contribution in [0.3, 0.4) is 0 Å². The Morgan fingerprint density at radius 2 is 1.85 bits per heavy atom. The number of carbonyl (C=O) groups is 1. The summed E-state index contributed by atoms with van der Waals surface area (Å²) in [6.07, 6.45) is 5.61. The van der Waals surface area contributed by atoms with Crippen LogP contribution in [0.25, 0.3) is 11.1 Å². The number of hydrogen-bond acceptors (Lipinski definition) is 4. The molecule has 0 atom stereocenters. The first-order valence-electron chi connectivity index (χ1n) is 8.71. The minimum atomic E-state index is -1.29. The molecule has 0 aliphatic carbocycles. The number of pyridine rings is 1. The molecular weight excluding hydrogens is 351 g/mol. The fourth-order valence-electron chi connectivity index (χ4n) is 2.60. The van der Waals surface area contributed by atoms with Gasteiger partial charge in [-0.15, -0.1) is 0 Å². The van der Waals surface area contributed by atoms with Crippen LogP contribution in [0.1, 0.15) is 36.0 Å². The highest BCUT2D eigenvalue weighted by Gasteiger charge is 2.15. The van der Waals surface area contributed by atoms with Crippen LogP contribution < -0.4 is 5.43 Å². The number of aromatic carboxylic acids is 1. The number of nitriles is 1. The van der Waals surface area contributed by atoms with Gasteiger partial charge in [-0.2, -0.15) is 5.26 Å². The standard InChI is InChI=1S/C20H21FN2O4/c21-16-7-5-15(6-8-16)17-13-23(14-18(19(17)24)20(25)26)10-2-4-12-27-11-3-1-9-22/h5-8,13-14H,1-4,10-12H2,(H,25,26). The minimum absolute atomic E-state index is 0.225. The summed E-state index contributed by atoms with van der Waals surface area (Å²) in [5.41, 5.74) is -0.211. The van der Waals surface area contributed by atoms with Gasteiger partial charge in [-0.3, -0.25) is 4.79 Å². The van der Waals surface area contributed by atoms with E-state index in [-0.39, 0.29) is 11.1 Å². The molecule has 0 amide bonds. The van der Waals surface area contributed by atoms with Crippen LogP contribution in [-0.2, 0) is 11.3 Å². The average Bonchev–Trinajstić information content (AvgIpc) is 2.65. The zero-order valence-electron chi connectivity index (χ0n) is 14.9. The molecule has 0 saturated carbocycles. The van der Waals surface area contributed by atoms with E-state index in [1.54, 1.807) is 10.8 Å². The molecule has 0 saturated heterocycles. The summed E-state index contributed by atoms with van der Waals surface area (Å²) in [6, 6.07) is 7.43. The van der Waals surface area contributed by atoms with Crippen molar-refractivity contribution in [2.24, 2.45) is 0 Å². The molecule has 1 heterocycles. The van der Waals surface area contributed by atoms with E-state index >= 15 is 0 Å². The fraction of sp³-hybridized carbons (Fsp3) is 0.350. The minimum Gasteiger partial charge on any atom is -0.477 e. The molecule has 6 nitrogen and oxygen atoms in total. The highest BCUT2D eigenvalue weighted by Crippen LogP contribution is 2.17. The molecule has 7 heteroatoms. The lowest BCUT2D eigenvalue weighted by atomic mass is 10.0. The van der Waals surface area contributed by atoms with Gasteiger partial charge in [0.15, 0.2) is 0 Å². The lowest BCUT2D eigenvalue weighted by molar-refractivity contribution is 0.0694. The van der Waals surface area contributed by atoms with Gasteiger partial charge in [0.2, 0.25) is 5.43 Å². The zero-order valence-corrected chi connectivity index (χ0v) is 14.9. The predicted molar refractivity (Wildman–Crippen MR) is 98.0 cm³/mol. The molecule has 0 aliphatic rings. The van der Waals surface area contributed by atoms with Gasteiger partial charge >= 0.3 is 5.97 Å². The molecule has 1 aromatic heterocycles. The molecule has 2 aromatic rings. The Labute approximate surface area is 156 Å². The Bertz CT molecular complexity index is 869. The first kappa shape index (κ1) is 20.3. The Balaban J connectivity index is 2.06. The van der Waals surface area contributed by atoms with Crippen LogP contribution in [0, 0.1) is 17.1 Å². The number of carboxylic acid groups (broad SMARTS) is 1. The molecule has 0 radical (unpaired) electrons. The highest BCUT2D eigenvalue weighted by molar-refractivity contribution is 5.88. The summed E-state index contributed by atoms with van der Waals surface area (Å²) >= 11 is 0. The molecule has 0 unspecified atom stereocenters. The SMILES string of the molecule is N#CCCCOCCCCn1cc(C(=O)O)c(=O)c(-c2ccc(F)cc2)c1. The number of unbranched alkanes of at least 4 members (excludes halogenated alkanes) is 2. The van der Waals surface area contributed by atoms with E-state index in [1.165, 1.54) is 30.5 Å². The smallest absolute Gasteiger partial charge is 0.341 e. The average molecular weight is 372 g/mol. The number of ether oxygens (including phenoxy) is 1. The van der Waals surface area contributed by atoms with Crippen molar-refractivity contribution >= 4 is 5.97 Å². The lowest BCUT2D eigenvalue weighted by Crippen LogP contribution is -2.20. The molecule has 1 aromatic carbocycles. The number of aryl methyl sites for hydroxylation is 1. The largest absolute Gasteiger partial charge is 0.477 e. The maximum absolute atomic E-state index is 13.1. The molecule has 0 fully saturated rings. The summed E-state index contributed by atoms with van der Waals surface area (Å²) in [6.45, 7) is 1.63. The summed E-state index contributed by atoms with van der Waals surface area (Å²) in [5.74, 6) is -1.72. The van der Waals surface area contributed by atoms with E-state index in [0.717, 1.165) is 12.8 Å². The van der Waals surface area contributed by atoms with Gasteiger partial charge in [-0.05, 0) is 37.0 Å². The van der Waals surface area contributed by atoms with Crippen LogP contribution >= 0.6 is 0 Å². The van der Waals surface area contributed by atoms with E-state index < -0.39 is 17.2 Å². The molecule has 2 rings (SSSR count). The van der Waals surface area contributed by atoms with Crippen molar-refractivity contribution in [3.8, 4) is 17.2 Å². The van der Waals surface area contributed by atoms with E-state index in [2.05, 4.69) is 6.07 Å². The number of hydrogen-bond donors (Lipinski definition) is 1. The van der Waals surface area contributed by atoms with E-state index in [4.69, 9.17) is 10.00 Å². The second-order valence-corrected chi connectivity index (χ2v) is 6.05. The van der Waals surface area contributed by atoms with Gasteiger partial charge in [0.05, 0.1) is 6.07 Å². The number of aromatic nitrogens is 1. The summed E-state index contributed by atoms with van der Waals surface area (Å²) in [5, 5.41) is 17.7. The zero-order chi connectivity index (χ0) is 19.6. The molecule has 0 spiro atoms. The molecule has 0 aliphatic heterocycles. The van der Waals surface area contributed by atoms with Crippen molar-refractivity contribution in [2.45, 2.75) is 32.2 Å². The molecule has 1 N–H and O–H groups in total. The normalized spacial score (nSPS) is 10.5. The fourth-order valence-corrected chi connectivity index (χ4v) is 2.60. The lowest BCUT2D eigenvalue weighted by Gasteiger charge is -2.11. The number of benzene rings is 1. The summed E-state index contributed by atoms with van der Waals surface area (Å²) in [7, 11) is 0.